The summed E-state index contributed by atoms with van der Waals surface area (Å²) < 4.78 is 10.5. The maximum absolute atomic E-state index is 12.1. The highest BCUT2D eigenvalue weighted by Gasteiger charge is 2.21. The molecule has 0 unspecified atom stereocenters. The number of benzene rings is 1. The molecule has 0 atom stereocenters. The topological polar surface area (TPSA) is 52.0 Å². The lowest BCUT2D eigenvalue weighted by molar-refractivity contribution is -0.905. The molecule has 1 aromatic rings. The number of piperidine rings is 1. The van der Waals surface area contributed by atoms with E-state index in [0.717, 1.165) is 31.5 Å². The van der Waals surface area contributed by atoms with E-state index in [1.807, 2.05) is 18.2 Å². The normalized spacial score (nSPS) is 20.8. The smallest absolute Gasteiger partial charge is 0.244 e. The molecule has 132 valence electrons. The van der Waals surface area contributed by atoms with E-state index in [0.29, 0.717) is 17.5 Å². The van der Waals surface area contributed by atoms with Crippen molar-refractivity contribution in [1.29, 1.82) is 0 Å². The van der Waals surface area contributed by atoms with Gasteiger partial charge in [0.1, 0.15) is 0 Å². The van der Waals surface area contributed by atoms with Gasteiger partial charge in [-0.25, -0.2) is 0 Å². The Balaban J connectivity index is 1.85. The van der Waals surface area contributed by atoms with Crippen LogP contribution in [0.1, 0.15) is 31.7 Å². The molecule has 1 fully saturated rings. The van der Waals surface area contributed by atoms with Gasteiger partial charge in [-0.2, -0.15) is 0 Å². The molecule has 2 N–H and O–H groups in total. The lowest BCUT2D eigenvalue weighted by atomic mass is 10.0. The van der Waals surface area contributed by atoms with E-state index in [9.17, 15) is 4.79 Å². The van der Waals surface area contributed by atoms with Gasteiger partial charge in [0.25, 0.3) is 0 Å². The fraction of sp³-hybridized carbons (Fsp3) is 0.526. The lowest BCUT2D eigenvalue weighted by Gasteiger charge is -2.29. The first-order valence-electron chi connectivity index (χ1n) is 8.70. The molecule has 0 aliphatic carbocycles. The molecule has 24 heavy (non-hydrogen) atoms. The highest BCUT2D eigenvalue weighted by Crippen LogP contribution is 2.27. The number of nitrogens with one attached hydrogen (secondary N) is 2. The number of likely N-dealkylation sites (tertiary alicyclic amines) is 1. The summed E-state index contributed by atoms with van der Waals surface area (Å²) in [7, 11) is 3.21. The predicted molar refractivity (Wildman–Crippen MR) is 95.6 cm³/mol. The maximum Gasteiger partial charge on any atom is 0.244 e. The number of hydrogen-bond donors (Lipinski definition) is 2. The Kier molecular flexibility index (Phi) is 7.12. The van der Waals surface area contributed by atoms with Crippen molar-refractivity contribution >= 4 is 12.0 Å². The molecule has 1 aliphatic rings. The molecule has 0 radical (unpaired) electrons. The maximum atomic E-state index is 12.1. The van der Waals surface area contributed by atoms with Crippen molar-refractivity contribution in [3.05, 3.63) is 29.8 Å². The first-order chi connectivity index (χ1) is 11.7. The molecule has 0 aromatic heterocycles. The molecule has 1 aromatic carbocycles. The Bertz CT molecular complexity index is 564. The second kappa shape index (κ2) is 9.33. The second-order valence-corrected chi connectivity index (χ2v) is 6.23. The summed E-state index contributed by atoms with van der Waals surface area (Å²) in [5.74, 6) is 1.31. The van der Waals surface area contributed by atoms with Crippen molar-refractivity contribution in [2.75, 3.05) is 33.9 Å². The Morgan fingerprint density at radius 2 is 1.96 bits per heavy atom. The highest BCUT2D eigenvalue weighted by molar-refractivity contribution is 5.92. The van der Waals surface area contributed by atoms with Crippen LogP contribution in [0.15, 0.2) is 24.3 Å². The molecule has 1 heterocycles. The lowest BCUT2D eigenvalue weighted by Crippen LogP contribution is -3.13. The molecule has 0 bridgehead atoms. The van der Waals surface area contributed by atoms with Crippen molar-refractivity contribution in [3.63, 3.8) is 0 Å². The summed E-state index contributed by atoms with van der Waals surface area (Å²) in [5, 5.41) is 3.11. The first-order valence-corrected chi connectivity index (χ1v) is 8.70. The largest absolute Gasteiger partial charge is 0.493 e. The average Bonchev–Trinajstić information content (AvgIpc) is 2.61. The monoisotopic (exact) mass is 333 g/mol. The molecule has 0 spiro atoms. The molecular formula is C19H29N2O3+. The number of carbonyl (C=O) groups excluding carboxylic acids is 1. The fourth-order valence-corrected chi connectivity index (χ4v) is 3.15. The Hall–Kier alpha value is -2.01. The molecule has 5 nitrogen and oxygen atoms in total. The third kappa shape index (κ3) is 5.27. The second-order valence-electron chi connectivity index (χ2n) is 6.23. The predicted octanol–water partition coefficient (Wildman–Crippen LogP) is 1.29. The van der Waals surface area contributed by atoms with Gasteiger partial charge in [0.15, 0.2) is 11.5 Å². The number of rotatable bonds is 7. The Morgan fingerprint density at radius 1 is 1.25 bits per heavy atom. The van der Waals surface area contributed by atoms with Crippen LogP contribution < -0.4 is 19.7 Å². The Labute approximate surface area is 144 Å². The zero-order valence-corrected chi connectivity index (χ0v) is 14.9. The summed E-state index contributed by atoms with van der Waals surface area (Å²) in [6, 6.07) is 5.89. The van der Waals surface area contributed by atoms with Crippen LogP contribution in [0, 0.1) is 0 Å². The summed E-state index contributed by atoms with van der Waals surface area (Å²) >= 11 is 0. The number of methoxy groups -OCH3 is 2. The zero-order chi connectivity index (χ0) is 17.4. The van der Waals surface area contributed by atoms with Crippen LogP contribution in [0.3, 0.4) is 0 Å². The summed E-state index contributed by atoms with van der Waals surface area (Å²) in [5.41, 5.74) is 0.907. The number of ether oxygens (including phenoxy) is 2. The summed E-state index contributed by atoms with van der Waals surface area (Å²) in [4.78, 5) is 13.8. The van der Waals surface area contributed by atoms with Crippen molar-refractivity contribution in [3.8, 4) is 11.5 Å². The molecular weight excluding hydrogens is 304 g/mol. The van der Waals surface area contributed by atoms with E-state index in [1.54, 1.807) is 31.3 Å². The minimum Gasteiger partial charge on any atom is -0.493 e. The molecule has 2 rings (SSSR count). The Morgan fingerprint density at radius 3 is 2.58 bits per heavy atom. The van der Waals surface area contributed by atoms with Crippen molar-refractivity contribution in [1.82, 2.24) is 5.32 Å². The van der Waals surface area contributed by atoms with Crippen LogP contribution in [-0.2, 0) is 4.79 Å². The minimum atomic E-state index is -0.0336. The van der Waals surface area contributed by atoms with E-state index in [2.05, 4.69) is 12.2 Å². The van der Waals surface area contributed by atoms with Crippen LogP contribution in [0.5, 0.6) is 11.5 Å². The van der Waals surface area contributed by atoms with Gasteiger partial charge in [0, 0.05) is 25.0 Å². The van der Waals surface area contributed by atoms with E-state index in [-0.39, 0.29) is 5.91 Å². The SMILES string of the molecule is CCC[NH+]1CCC(NC(=O)/C=C/c2ccc(OC)c(OC)c2)CC1. The zero-order valence-electron chi connectivity index (χ0n) is 14.9. The molecule has 1 saturated heterocycles. The van der Waals surface area contributed by atoms with E-state index >= 15 is 0 Å². The van der Waals surface area contributed by atoms with Gasteiger partial charge >= 0.3 is 0 Å². The average molecular weight is 333 g/mol. The summed E-state index contributed by atoms with van der Waals surface area (Å²) in [6.45, 7) is 5.76. The van der Waals surface area contributed by atoms with Crippen molar-refractivity contribution < 1.29 is 19.2 Å². The number of quaternary nitrogens is 1. The number of carbonyl (C=O) groups is 1. The van der Waals surface area contributed by atoms with Gasteiger partial charge in [-0.05, 0) is 30.2 Å². The summed E-state index contributed by atoms with van der Waals surface area (Å²) in [6.07, 6.45) is 6.73. The van der Waals surface area contributed by atoms with Crippen LogP contribution in [0.25, 0.3) is 6.08 Å². The quantitative estimate of drug-likeness (QED) is 0.740. The molecule has 5 heteroatoms. The van der Waals surface area contributed by atoms with E-state index in [4.69, 9.17) is 9.47 Å². The van der Waals surface area contributed by atoms with Gasteiger partial charge in [-0.3, -0.25) is 4.79 Å². The van der Waals surface area contributed by atoms with Crippen LogP contribution in [0.2, 0.25) is 0 Å². The van der Waals surface area contributed by atoms with Gasteiger partial charge in [0.05, 0.1) is 33.9 Å². The molecule has 1 amide bonds. The third-order valence-corrected chi connectivity index (χ3v) is 4.48. The van der Waals surface area contributed by atoms with Crippen LogP contribution in [-0.4, -0.2) is 45.8 Å². The number of amides is 1. The van der Waals surface area contributed by atoms with E-state index in [1.165, 1.54) is 13.0 Å². The van der Waals surface area contributed by atoms with Gasteiger partial charge in [-0.1, -0.05) is 13.0 Å². The van der Waals surface area contributed by atoms with Crippen LogP contribution >= 0.6 is 0 Å². The van der Waals surface area contributed by atoms with Crippen LogP contribution in [0.4, 0.5) is 0 Å². The van der Waals surface area contributed by atoms with Gasteiger partial charge < -0.3 is 19.7 Å². The fourth-order valence-electron chi connectivity index (χ4n) is 3.15. The molecule has 1 aliphatic heterocycles. The van der Waals surface area contributed by atoms with Gasteiger partial charge in [0.2, 0.25) is 5.91 Å². The number of hydrogen-bond acceptors (Lipinski definition) is 3. The minimum absolute atomic E-state index is 0.0336. The first kappa shape index (κ1) is 18.3. The molecule has 0 saturated carbocycles. The standard InChI is InChI=1S/C19H28N2O3/c1-4-11-21-12-9-16(10-13-21)20-19(22)8-6-15-5-7-17(23-2)18(14-15)24-3/h5-8,14,16H,4,9-13H2,1-3H3,(H,20,22)/p+1/b8-6+. The highest BCUT2D eigenvalue weighted by atomic mass is 16.5. The van der Waals surface area contributed by atoms with Crippen molar-refractivity contribution in [2.24, 2.45) is 0 Å². The third-order valence-electron chi connectivity index (χ3n) is 4.48. The van der Waals surface area contributed by atoms with Crippen molar-refractivity contribution in [2.45, 2.75) is 32.2 Å². The van der Waals surface area contributed by atoms with E-state index < -0.39 is 0 Å². The van der Waals surface area contributed by atoms with Gasteiger partial charge in [-0.15, -0.1) is 0 Å².